The van der Waals surface area contributed by atoms with E-state index in [1.54, 1.807) is 36.4 Å². The van der Waals surface area contributed by atoms with Crippen molar-refractivity contribution in [1.29, 1.82) is 5.26 Å². The summed E-state index contributed by atoms with van der Waals surface area (Å²) in [4.78, 5) is 12.1. The molecule has 0 fully saturated rings. The largest absolute Gasteiger partial charge is 0.422 e. The molecule has 4 heteroatoms. The van der Waals surface area contributed by atoms with Gasteiger partial charge in [0.2, 0.25) is 0 Å². The Bertz CT molecular complexity index is 676. The minimum Gasteiger partial charge on any atom is -0.422 e. The van der Waals surface area contributed by atoms with Crippen LogP contribution in [0, 0.1) is 25.2 Å². The monoisotopic (exact) mass is 329 g/mol. The van der Waals surface area contributed by atoms with Gasteiger partial charge in [-0.3, -0.25) is 0 Å². The maximum Gasteiger partial charge on any atom is 0.343 e. The molecule has 2 rings (SSSR count). The molecule has 0 saturated heterocycles. The molecule has 20 heavy (non-hydrogen) atoms. The molecule has 0 saturated carbocycles. The van der Waals surface area contributed by atoms with Gasteiger partial charge in [0.25, 0.3) is 0 Å². The van der Waals surface area contributed by atoms with Gasteiger partial charge in [-0.2, -0.15) is 5.26 Å². The molecule has 0 heterocycles. The van der Waals surface area contributed by atoms with E-state index in [0.29, 0.717) is 16.9 Å². The van der Waals surface area contributed by atoms with Crippen molar-refractivity contribution in [1.82, 2.24) is 0 Å². The van der Waals surface area contributed by atoms with Crippen molar-refractivity contribution in [3.8, 4) is 11.8 Å². The van der Waals surface area contributed by atoms with Crippen LogP contribution in [0.3, 0.4) is 0 Å². The summed E-state index contributed by atoms with van der Waals surface area (Å²) in [5.74, 6) is 0.102. The number of aryl methyl sites for hydroxylation is 2. The normalized spacial score (nSPS) is 9.90. The summed E-state index contributed by atoms with van der Waals surface area (Å²) in [6.07, 6.45) is 0. The van der Waals surface area contributed by atoms with E-state index in [0.717, 1.165) is 15.6 Å². The van der Waals surface area contributed by atoms with Gasteiger partial charge in [-0.1, -0.05) is 15.9 Å². The molecule has 0 atom stereocenters. The molecule has 0 unspecified atom stereocenters. The Morgan fingerprint density at radius 1 is 1.15 bits per heavy atom. The van der Waals surface area contributed by atoms with E-state index >= 15 is 0 Å². The third-order valence-corrected chi connectivity index (χ3v) is 3.39. The Morgan fingerprint density at radius 2 is 1.70 bits per heavy atom. The number of hydrogen-bond donors (Lipinski definition) is 0. The Balaban J connectivity index is 2.29. The van der Waals surface area contributed by atoms with Gasteiger partial charge in [0.05, 0.1) is 17.2 Å². The lowest BCUT2D eigenvalue weighted by atomic mass is 10.1. The number of esters is 1. The number of ether oxygens (including phenoxy) is 1. The number of nitrogens with zero attached hydrogens (tertiary/aromatic N) is 1. The number of halogens is 1. The molecule has 0 amide bonds. The highest BCUT2D eigenvalue weighted by Crippen LogP contribution is 2.25. The van der Waals surface area contributed by atoms with Crippen LogP contribution in [0.25, 0.3) is 0 Å². The number of carbonyl (C=O) groups excluding carboxylic acids is 1. The molecule has 3 nitrogen and oxygen atoms in total. The predicted octanol–water partition coefficient (Wildman–Crippen LogP) is 4.16. The Morgan fingerprint density at radius 3 is 2.20 bits per heavy atom. The van der Waals surface area contributed by atoms with Crippen LogP contribution in [-0.4, -0.2) is 5.97 Å². The highest BCUT2D eigenvalue weighted by atomic mass is 79.9. The molecular formula is C16H12BrNO2. The molecule has 0 aliphatic rings. The van der Waals surface area contributed by atoms with Crippen molar-refractivity contribution in [3.05, 3.63) is 63.1 Å². The van der Waals surface area contributed by atoms with Crippen LogP contribution >= 0.6 is 15.9 Å². The molecule has 0 aliphatic carbocycles. The highest BCUT2D eigenvalue weighted by molar-refractivity contribution is 9.10. The van der Waals surface area contributed by atoms with Crippen LogP contribution in [0.1, 0.15) is 27.0 Å². The lowest BCUT2D eigenvalue weighted by Crippen LogP contribution is -2.10. The van der Waals surface area contributed by atoms with Gasteiger partial charge in [-0.15, -0.1) is 0 Å². The van der Waals surface area contributed by atoms with Crippen LogP contribution in [-0.2, 0) is 0 Å². The lowest BCUT2D eigenvalue weighted by Gasteiger charge is -2.11. The summed E-state index contributed by atoms with van der Waals surface area (Å²) < 4.78 is 6.34. The zero-order valence-electron chi connectivity index (χ0n) is 11.1. The lowest BCUT2D eigenvalue weighted by molar-refractivity contribution is 0.0732. The molecule has 2 aromatic rings. The first-order valence-electron chi connectivity index (χ1n) is 6.00. The third kappa shape index (κ3) is 3.06. The number of carbonyl (C=O) groups is 1. The summed E-state index contributed by atoms with van der Waals surface area (Å²) >= 11 is 3.32. The Hall–Kier alpha value is -2.12. The average molecular weight is 330 g/mol. The summed E-state index contributed by atoms with van der Waals surface area (Å²) in [5.41, 5.74) is 2.58. The minimum absolute atomic E-state index is 0.409. The van der Waals surface area contributed by atoms with Gasteiger partial charge < -0.3 is 4.74 Å². The Labute approximate surface area is 125 Å². The van der Waals surface area contributed by atoms with Crippen molar-refractivity contribution in [2.45, 2.75) is 13.8 Å². The summed E-state index contributed by atoms with van der Waals surface area (Å²) in [6.45, 7) is 3.63. The first kappa shape index (κ1) is 14.3. The highest BCUT2D eigenvalue weighted by Gasteiger charge is 2.13. The second-order valence-corrected chi connectivity index (χ2v) is 5.36. The van der Waals surface area contributed by atoms with E-state index < -0.39 is 5.97 Å². The standard InChI is InChI=1S/C16H12BrNO2/c1-10-7-12(9-18)8-11(2)15(10)20-16(19)13-3-5-14(17)6-4-13/h3-8H,1-2H3. The van der Waals surface area contributed by atoms with Gasteiger partial charge in [-0.25, -0.2) is 4.79 Å². The molecule has 100 valence electrons. The van der Waals surface area contributed by atoms with Crippen molar-refractivity contribution in [2.24, 2.45) is 0 Å². The van der Waals surface area contributed by atoms with Gasteiger partial charge in [0.15, 0.2) is 0 Å². The van der Waals surface area contributed by atoms with Gasteiger partial charge in [0, 0.05) is 4.47 Å². The predicted molar refractivity (Wildman–Crippen MR) is 79.7 cm³/mol. The maximum absolute atomic E-state index is 12.1. The van der Waals surface area contributed by atoms with E-state index in [1.807, 2.05) is 13.8 Å². The topological polar surface area (TPSA) is 50.1 Å². The molecule has 0 N–H and O–H groups in total. The fraction of sp³-hybridized carbons (Fsp3) is 0.125. The number of hydrogen-bond acceptors (Lipinski definition) is 3. The smallest absolute Gasteiger partial charge is 0.343 e. The first-order chi connectivity index (χ1) is 9.51. The molecule has 0 aromatic heterocycles. The molecule has 0 spiro atoms. The van der Waals surface area contributed by atoms with Gasteiger partial charge >= 0.3 is 5.97 Å². The zero-order chi connectivity index (χ0) is 14.7. The second kappa shape index (κ2) is 5.89. The molecule has 2 aromatic carbocycles. The Kier molecular flexibility index (Phi) is 4.21. The van der Waals surface area contributed by atoms with Crippen LogP contribution in [0.2, 0.25) is 0 Å². The van der Waals surface area contributed by atoms with E-state index in [9.17, 15) is 4.79 Å². The minimum atomic E-state index is -0.409. The SMILES string of the molecule is Cc1cc(C#N)cc(C)c1OC(=O)c1ccc(Br)cc1. The van der Waals surface area contributed by atoms with Gasteiger partial charge in [-0.05, 0) is 61.4 Å². The summed E-state index contributed by atoms with van der Waals surface area (Å²) in [7, 11) is 0. The van der Waals surface area contributed by atoms with Crippen molar-refractivity contribution in [2.75, 3.05) is 0 Å². The summed E-state index contributed by atoms with van der Waals surface area (Å²) in [5, 5.41) is 8.90. The number of nitriles is 1. The summed E-state index contributed by atoms with van der Waals surface area (Å²) in [6, 6.07) is 12.5. The van der Waals surface area contributed by atoms with Gasteiger partial charge in [0.1, 0.15) is 5.75 Å². The third-order valence-electron chi connectivity index (χ3n) is 2.86. The van der Waals surface area contributed by atoms with Crippen LogP contribution in [0.5, 0.6) is 5.75 Å². The van der Waals surface area contributed by atoms with E-state index in [1.165, 1.54) is 0 Å². The van der Waals surface area contributed by atoms with Crippen LogP contribution in [0.15, 0.2) is 40.9 Å². The fourth-order valence-corrected chi connectivity index (χ4v) is 2.18. The molecule has 0 bridgehead atoms. The molecule has 0 aliphatic heterocycles. The van der Waals surface area contributed by atoms with E-state index in [-0.39, 0.29) is 0 Å². The molecular weight excluding hydrogens is 318 g/mol. The fourth-order valence-electron chi connectivity index (χ4n) is 1.91. The second-order valence-electron chi connectivity index (χ2n) is 4.45. The zero-order valence-corrected chi connectivity index (χ0v) is 12.7. The van der Waals surface area contributed by atoms with Crippen LogP contribution < -0.4 is 4.74 Å². The molecule has 0 radical (unpaired) electrons. The van der Waals surface area contributed by atoms with Crippen molar-refractivity contribution >= 4 is 21.9 Å². The first-order valence-corrected chi connectivity index (χ1v) is 6.79. The quantitative estimate of drug-likeness (QED) is 0.614. The van der Waals surface area contributed by atoms with Crippen molar-refractivity contribution < 1.29 is 9.53 Å². The van der Waals surface area contributed by atoms with Crippen molar-refractivity contribution in [3.63, 3.8) is 0 Å². The van der Waals surface area contributed by atoms with E-state index in [4.69, 9.17) is 10.00 Å². The van der Waals surface area contributed by atoms with E-state index in [2.05, 4.69) is 22.0 Å². The maximum atomic E-state index is 12.1. The van der Waals surface area contributed by atoms with Crippen LogP contribution in [0.4, 0.5) is 0 Å². The average Bonchev–Trinajstić information content (AvgIpc) is 2.43. The number of rotatable bonds is 2. The number of benzene rings is 2.